The molecule has 1 amide bonds. The third-order valence-electron chi connectivity index (χ3n) is 4.42. The highest BCUT2D eigenvalue weighted by Gasteiger charge is 2.32. The number of benzene rings is 1. The van der Waals surface area contributed by atoms with Crippen LogP contribution in [0, 0.1) is 6.92 Å². The van der Waals surface area contributed by atoms with Crippen molar-refractivity contribution in [3.8, 4) is 0 Å². The molecule has 2 heterocycles. The summed E-state index contributed by atoms with van der Waals surface area (Å²) in [6.07, 6.45) is 4.94. The van der Waals surface area contributed by atoms with Crippen molar-refractivity contribution in [2.24, 2.45) is 0 Å². The molecule has 1 fully saturated rings. The van der Waals surface area contributed by atoms with Gasteiger partial charge in [-0.25, -0.2) is 4.98 Å². The molecule has 2 atom stereocenters. The first-order chi connectivity index (χ1) is 12.0. The topological polar surface area (TPSA) is 53.4 Å². The van der Waals surface area contributed by atoms with Gasteiger partial charge in [-0.2, -0.15) is 0 Å². The lowest BCUT2D eigenvalue weighted by molar-refractivity contribution is -0.133. The van der Waals surface area contributed by atoms with E-state index >= 15 is 0 Å². The number of piperidine rings is 1. The fraction of sp³-hybridized carbons (Fsp3) is 0.368. The molecule has 2 aromatic rings. The van der Waals surface area contributed by atoms with Gasteiger partial charge in [0.2, 0.25) is 5.91 Å². The quantitative estimate of drug-likeness (QED) is 0.827. The molecule has 1 saturated heterocycles. The monoisotopic (exact) mass is 376 g/mol. The smallest absolute Gasteiger partial charge is 0.246 e. The molecule has 132 valence electrons. The minimum Gasteiger partial charge on any atom is -0.391 e. The molecular formula is C19H21ClN2O2S. The van der Waals surface area contributed by atoms with E-state index in [1.165, 1.54) is 0 Å². The molecule has 0 saturated carbocycles. The molecule has 6 heteroatoms. The Morgan fingerprint density at radius 1 is 1.44 bits per heavy atom. The molecule has 0 bridgehead atoms. The summed E-state index contributed by atoms with van der Waals surface area (Å²) in [6.45, 7) is 2.60. The number of aliphatic hydroxyl groups is 1. The van der Waals surface area contributed by atoms with E-state index in [9.17, 15) is 9.90 Å². The van der Waals surface area contributed by atoms with Crippen LogP contribution in [0.15, 0.2) is 35.7 Å². The van der Waals surface area contributed by atoms with Gasteiger partial charge in [0.15, 0.2) is 0 Å². The number of hydrogen-bond donors (Lipinski definition) is 1. The van der Waals surface area contributed by atoms with Gasteiger partial charge in [-0.3, -0.25) is 4.79 Å². The van der Waals surface area contributed by atoms with Gasteiger partial charge >= 0.3 is 0 Å². The molecule has 1 aromatic heterocycles. The van der Waals surface area contributed by atoms with Crippen molar-refractivity contribution >= 4 is 34.9 Å². The van der Waals surface area contributed by atoms with Crippen LogP contribution in [-0.2, 0) is 11.2 Å². The van der Waals surface area contributed by atoms with Crippen molar-refractivity contribution in [1.82, 2.24) is 9.88 Å². The maximum atomic E-state index is 12.7. The SMILES string of the molecule is Cc1nc(/C=C/C(=O)N2CCC[C@H](O)[C@@H]2Cc2ccc(Cl)cc2)cs1. The molecular weight excluding hydrogens is 356 g/mol. The Balaban J connectivity index is 1.73. The molecule has 0 spiro atoms. The van der Waals surface area contributed by atoms with Crippen molar-refractivity contribution < 1.29 is 9.90 Å². The number of halogens is 1. The lowest BCUT2D eigenvalue weighted by Gasteiger charge is -2.38. The maximum absolute atomic E-state index is 12.7. The number of aryl methyl sites for hydroxylation is 1. The number of aromatic nitrogens is 1. The van der Waals surface area contributed by atoms with Crippen LogP contribution in [0.25, 0.3) is 6.08 Å². The number of carbonyl (C=O) groups is 1. The van der Waals surface area contributed by atoms with Gasteiger partial charge in [-0.1, -0.05) is 23.7 Å². The second-order valence-corrected chi connectivity index (χ2v) is 7.76. The van der Waals surface area contributed by atoms with Crippen LogP contribution >= 0.6 is 22.9 Å². The Kier molecular flexibility index (Phi) is 5.89. The number of aliphatic hydroxyl groups excluding tert-OH is 1. The minimum absolute atomic E-state index is 0.0802. The van der Waals surface area contributed by atoms with E-state index in [1.807, 2.05) is 36.6 Å². The standard InChI is InChI=1S/C19H21ClN2O2S/c1-13-21-16(12-25-13)8-9-19(24)22-10-2-3-18(23)17(22)11-14-4-6-15(20)7-5-14/h4-9,12,17-18,23H,2-3,10-11H2,1H3/b9-8+/t17-,18-/m0/s1. The first kappa shape index (κ1) is 18.1. The van der Waals surface area contributed by atoms with Crippen molar-refractivity contribution in [2.75, 3.05) is 6.54 Å². The fourth-order valence-electron chi connectivity index (χ4n) is 3.13. The zero-order valence-electron chi connectivity index (χ0n) is 14.1. The van der Waals surface area contributed by atoms with Gasteiger partial charge in [0.05, 0.1) is 22.8 Å². The summed E-state index contributed by atoms with van der Waals surface area (Å²) in [4.78, 5) is 18.8. The second-order valence-electron chi connectivity index (χ2n) is 6.26. The van der Waals surface area contributed by atoms with Crippen LogP contribution in [0.2, 0.25) is 5.02 Å². The number of hydrogen-bond acceptors (Lipinski definition) is 4. The highest BCUT2D eigenvalue weighted by Crippen LogP contribution is 2.23. The summed E-state index contributed by atoms with van der Waals surface area (Å²) in [6, 6.07) is 7.34. The largest absolute Gasteiger partial charge is 0.391 e. The van der Waals surface area contributed by atoms with Gasteiger partial charge in [-0.05, 0) is 50.0 Å². The van der Waals surface area contributed by atoms with Crippen molar-refractivity contribution in [2.45, 2.75) is 38.3 Å². The van der Waals surface area contributed by atoms with Gasteiger partial charge < -0.3 is 10.0 Å². The molecule has 0 aliphatic carbocycles. The second kappa shape index (κ2) is 8.13. The Morgan fingerprint density at radius 3 is 2.88 bits per heavy atom. The van der Waals surface area contributed by atoms with E-state index < -0.39 is 6.10 Å². The third-order valence-corrected chi connectivity index (χ3v) is 5.46. The minimum atomic E-state index is -0.511. The summed E-state index contributed by atoms with van der Waals surface area (Å²) < 4.78 is 0. The van der Waals surface area contributed by atoms with Crippen molar-refractivity contribution in [3.63, 3.8) is 0 Å². The molecule has 25 heavy (non-hydrogen) atoms. The maximum Gasteiger partial charge on any atom is 0.246 e. The summed E-state index contributed by atoms with van der Waals surface area (Å²) in [7, 11) is 0. The van der Waals surface area contributed by atoms with Gasteiger partial charge in [0.1, 0.15) is 0 Å². The Morgan fingerprint density at radius 2 is 2.20 bits per heavy atom. The normalized spacial score (nSPS) is 21.0. The summed E-state index contributed by atoms with van der Waals surface area (Å²) in [5, 5.41) is 14.0. The highest BCUT2D eigenvalue weighted by molar-refractivity contribution is 7.09. The lowest BCUT2D eigenvalue weighted by Crippen LogP contribution is -2.51. The highest BCUT2D eigenvalue weighted by atomic mass is 35.5. The number of nitrogens with zero attached hydrogens (tertiary/aromatic N) is 2. The van der Waals surface area contributed by atoms with E-state index in [4.69, 9.17) is 11.6 Å². The molecule has 1 aromatic carbocycles. The van der Waals surface area contributed by atoms with Crippen LogP contribution in [0.1, 0.15) is 29.1 Å². The third kappa shape index (κ3) is 4.69. The molecule has 3 rings (SSSR count). The number of thiazole rings is 1. The number of carbonyl (C=O) groups excluding carboxylic acids is 1. The van der Waals surface area contributed by atoms with E-state index in [-0.39, 0.29) is 11.9 Å². The van der Waals surface area contributed by atoms with Gasteiger partial charge in [0.25, 0.3) is 0 Å². The van der Waals surface area contributed by atoms with E-state index in [0.29, 0.717) is 18.0 Å². The molecule has 1 N–H and O–H groups in total. The molecule has 0 radical (unpaired) electrons. The van der Waals surface area contributed by atoms with E-state index in [2.05, 4.69) is 4.98 Å². The summed E-state index contributed by atoms with van der Waals surface area (Å²) in [5.74, 6) is -0.0802. The van der Waals surface area contributed by atoms with Crippen LogP contribution in [0.4, 0.5) is 0 Å². The first-order valence-electron chi connectivity index (χ1n) is 8.36. The number of likely N-dealkylation sites (tertiary alicyclic amines) is 1. The van der Waals surface area contributed by atoms with Crippen LogP contribution in [0.3, 0.4) is 0 Å². The average molecular weight is 377 g/mol. The van der Waals surface area contributed by atoms with E-state index in [1.54, 1.807) is 28.4 Å². The van der Waals surface area contributed by atoms with Crippen LogP contribution in [-0.4, -0.2) is 39.6 Å². The zero-order chi connectivity index (χ0) is 17.8. The number of rotatable bonds is 4. The first-order valence-corrected chi connectivity index (χ1v) is 9.62. The van der Waals surface area contributed by atoms with Crippen molar-refractivity contribution in [1.29, 1.82) is 0 Å². The molecule has 1 aliphatic heterocycles. The van der Waals surface area contributed by atoms with Gasteiger partial charge in [-0.15, -0.1) is 11.3 Å². The lowest BCUT2D eigenvalue weighted by atomic mass is 9.93. The van der Waals surface area contributed by atoms with Gasteiger partial charge in [0, 0.05) is 23.0 Å². The Bertz CT molecular complexity index is 757. The summed E-state index contributed by atoms with van der Waals surface area (Å²) in [5.41, 5.74) is 1.86. The summed E-state index contributed by atoms with van der Waals surface area (Å²) >= 11 is 7.49. The average Bonchev–Trinajstić information content (AvgIpc) is 3.02. The molecule has 0 unspecified atom stereocenters. The fourth-order valence-corrected chi connectivity index (χ4v) is 3.83. The van der Waals surface area contributed by atoms with Crippen LogP contribution in [0.5, 0.6) is 0 Å². The number of amides is 1. The van der Waals surface area contributed by atoms with Crippen molar-refractivity contribution in [3.05, 3.63) is 57.0 Å². The Hall–Kier alpha value is -1.69. The van der Waals surface area contributed by atoms with E-state index in [0.717, 1.165) is 29.1 Å². The predicted octanol–water partition coefficient (Wildman–Crippen LogP) is 3.71. The molecule has 1 aliphatic rings. The zero-order valence-corrected chi connectivity index (χ0v) is 15.6. The predicted molar refractivity (Wildman–Crippen MR) is 102 cm³/mol. The molecule has 4 nitrogen and oxygen atoms in total. The van der Waals surface area contributed by atoms with Crippen LogP contribution < -0.4 is 0 Å². The Labute approximate surface area is 156 Å².